The van der Waals surface area contributed by atoms with E-state index in [2.05, 4.69) is 20.8 Å². The number of primary amides is 1. The Labute approximate surface area is 127 Å². The Morgan fingerprint density at radius 1 is 1.50 bits per heavy atom. The summed E-state index contributed by atoms with van der Waals surface area (Å²) in [6, 6.07) is 7.27. The highest BCUT2D eigenvalue weighted by Gasteiger charge is 2.36. The van der Waals surface area contributed by atoms with E-state index in [1.165, 1.54) is 0 Å². The SMILES string of the molecule is CC(N)C(c1ccccc1Br)N1CCOCC1C(N)=O. The van der Waals surface area contributed by atoms with E-state index in [9.17, 15) is 4.79 Å². The van der Waals surface area contributed by atoms with Gasteiger partial charge in [-0.05, 0) is 18.6 Å². The molecule has 1 saturated heterocycles. The molecule has 1 aliphatic rings. The maximum atomic E-state index is 11.7. The van der Waals surface area contributed by atoms with Crippen LogP contribution in [0.3, 0.4) is 0 Å². The Bertz CT molecular complexity index is 481. The quantitative estimate of drug-likeness (QED) is 0.856. The lowest BCUT2D eigenvalue weighted by Crippen LogP contribution is -2.56. The molecule has 1 amide bonds. The smallest absolute Gasteiger partial charge is 0.237 e. The van der Waals surface area contributed by atoms with Crippen molar-refractivity contribution in [2.75, 3.05) is 19.8 Å². The molecule has 4 N–H and O–H groups in total. The number of benzene rings is 1. The van der Waals surface area contributed by atoms with E-state index in [-0.39, 0.29) is 18.0 Å². The van der Waals surface area contributed by atoms with Crippen molar-refractivity contribution in [3.8, 4) is 0 Å². The van der Waals surface area contributed by atoms with E-state index in [1.807, 2.05) is 31.2 Å². The third-order valence-corrected chi connectivity index (χ3v) is 4.30. The minimum atomic E-state index is -0.438. The summed E-state index contributed by atoms with van der Waals surface area (Å²) in [6.07, 6.45) is 0. The van der Waals surface area contributed by atoms with Gasteiger partial charge in [-0.1, -0.05) is 34.1 Å². The maximum Gasteiger partial charge on any atom is 0.237 e. The molecule has 3 atom stereocenters. The molecule has 1 aromatic carbocycles. The normalized spacial score (nSPS) is 23.2. The number of ether oxygens (including phenoxy) is 1. The number of rotatable bonds is 4. The number of nitrogens with zero attached hydrogens (tertiary/aromatic N) is 1. The molecule has 0 aliphatic carbocycles. The fraction of sp³-hybridized carbons (Fsp3) is 0.500. The number of carbonyl (C=O) groups is 1. The largest absolute Gasteiger partial charge is 0.378 e. The Kier molecular flexibility index (Phi) is 5.15. The van der Waals surface area contributed by atoms with Crippen LogP contribution in [0.2, 0.25) is 0 Å². The van der Waals surface area contributed by atoms with Gasteiger partial charge in [0.25, 0.3) is 0 Å². The molecule has 1 aliphatic heterocycles. The van der Waals surface area contributed by atoms with Crippen LogP contribution >= 0.6 is 15.9 Å². The topological polar surface area (TPSA) is 81.6 Å². The standard InChI is InChI=1S/C14H20BrN3O2/c1-9(16)13(10-4-2-3-5-11(10)15)18-6-7-20-8-12(18)14(17)19/h2-5,9,12-13H,6-8,16H2,1H3,(H2,17,19). The van der Waals surface area contributed by atoms with Crippen molar-refractivity contribution in [1.29, 1.82) is 0 Å². The van der Waals surface area contributed by atoms with E-state index in [0.29, 0.717) is 19.8 Å². The predicted molar refractivity (Wildman–Crippen MR) is 81.0 cm³/mol. The van der Waals surface area contributed by atoms with E-state index in [0.717, 1.165) is 10.0 Å². The summed E-state index contributed by atoms with van der Waals surface area (Å²) in [5, 5.41) is 0. The molecule has 3 unspecified atom stereocenters. The van der Waals surface area contributed by atoms with E-state index in [1.54, 1.807) is 0 Å². The molecule has 20 heavy (non-hydrogen) atoms. The Hall–Kier alpha value is -0.950. The summed E-state index contributed by atoms with van der Waals surface area (Å²) in [6.45, 7) is 3.49. The molecule has 0 radical (unpaired) electrons. The van der Waals surface area contributed by atoms with Crippen molar-refractivity contribution in [2.45, 2.75) is 25.0 Å². The first-order valence-corrected chi connectivity index (χ1v) is 7.44. The van der Waals surface area contributed by atoms with Crippen LogP contribution < -0.4 is 11.5 Å². The van der Waals surface area contributed by atoms with Gasteiger partial charge >= 0.3 is 0 Å². The molecule has 0 aromatic heterocycles. The van der Waals surface area contributed by atoms with Crippen molar-refractivity contribution in [1.82, 2.24) is 4.90 Å². The van der Waals surface area contributed by atoms with Gasteiger partial charge in [-0.2, -0.15) is 0 Å². The fourth-order valence-electron chi connectivity index (χ4n) is 2.67. The van der Waals surface area contributed by atoms with E-state index < -0.39 is 6.04 Å². The van der Waals surface area contributed by atoms with Crippen molar-refractivity contribution in [3.63, 3.8) is 0 Å². The second kappa shape index (κ2) is 6.67. The Morgan fingerprint density at radius 2 is 2.20 bits per heavy atom. The van der Waals surface area contributed by atoms with Crippen molar-refractivity contribution < 1.29 is 9.53 Å². The molecular weight excluding hydrogens is 322 g/mol. The third-order valence-electron chi connectivity index (χ3n) is 3.58. The average molecular weight is 342 g/mol. The summed E-state index contributed by atoms with van der Waals surface area (Å²) in [5.74, 6) is -0.373. The second-order valence-electron chi connectivity index (χ2n) is 5.06. The molecule has 0 bridgehead atoms. The predicted octanol–water partition coefficient (Wildman–Crippen LogP) is 1.02. The lowest BCUT2D eigenvalue weighted by Gasteiger charge is -2.41. The van der Waals surface area contributed by atoms with Gasteiger partial charge in [0.1, 0.15) is 6.04 Å². The number of nitrogens with two attached hydrogens (primary N) is 2. The highest BCUT2D eigenvalue weighted by Crippen LogP contribution is 2.32. The van der Waals surface area contributed by atoms with Crippen LogP contribution in [0.4, 0.5) is 0 Å². The van der Waals surface area contributed by atoms with Crippen LogP contribution in [0.15, 0.2) is 28.7 Å². The minimum Gasteiger partial charge on any atom is -0.378 e. The van der Waals surface area contributed by atoms with Gasteiger partial charge in [-0.15, -0.1) is 0 Å². The van der Waals surface area contributed by atoms with Crippen molar-refractivity contribution in [3.05, 3.63) is 34.3 Å². The van der Waals surface area contributed by atoms with Crippen LogP contribution in [-0.2, 0) is 9.53 Å². The molecule has 1 fully saturated rings. The monoisotopic (exact) mass is 341 g/mol. The zero-order chi connectivity index (χ0) is 14.7. The number of hydrogen-bond donors (Lipinski definition) is 2. The first kappa shape index (κ1) is 15.4. The zero-order valence-corrected chi connectivity index (χ0v) is 13.0. The minimum absolute atomic E-state index is 0.0769. The summed E-state index contributed by atoms with van der Waals surface area (Å²) < 4.78 is 6.36. The molecule has 0 saturated carbocycles. The number of morpholine rings is 1. The van der Waals surface area contributed by atoms with Crippen LogP contribution in [0.1, 0.15) is 18.5 Å². The molecule has 2 rings (SSSR count). The number of amides is 1. The molecule has 1 heterocycles. The average Bonchev–Trinajstić information content (AvgIpc) is 2.41. The maximum absolute atomic E-state index is 11.7. The summed E-state index contributed by atoms with van der Waals surface area (Å²) >= 11 is 3.56. The highest BCUT2D eigenvalue weighted by atomic mass is 79.9. The molecule has 0 spiro atoms. The van der Waals surface area contributed by atoms with Gasteiger partial charge in [0.15, 0.2) is 0 Å². The molecule has 110 valence electrons. The van der Waals surface area contributed by atoms with Gasteiger partial charge in [0.05, 0.1) is 19.3 Å². The van der Waals surface area contributed by atoms with Crippen LogP contribution in [0, 0.1) is 0 Å². The van der Waals surface area contributed by atoms with Gasteiger partial charge in [0, 0.05) is 17.1 Å². The number of carbonyl (C=O) groups excluding carboxylic acids is 1. The van der Waals surface area contributed by atoms with Crippen LogP contribution in [0.5, 0.6) is 0 Å². The lowest BCUT2D eigenvalue weighted by molar-refractivity contribution is -0.131. The van der Waals surface area contributed by atoms with Crippen LogP contribution in [0.25, 0.3) is 0 Å². The highest BCUT2D eigenvalue weighted by molar-refractivity contribution is 9.10. The summed E-state index contributed by atoms with van der Waals surface area (Å²) in [7, 11) is 0. The second-order valence-corrected chi connectivity index (χ2v) is 5.91. The Morgan fingerprint density at radius 3 is 2.80 bits per heavy atom. The first-order valence-electron chi connectivity index (χ1n) is 6.65. The van der Waals surface area contributed by atoms with Crippen molar-refractivity contribution in [2.24, 2.45) is 11.5 Å². The molecule has 1 aromatic rings. The van der Waals surface area contributed by atoms with Crippen molar-refractivity contribution >= 4 is 21.8 Å². The van der Waals surface area contributed by atoms with E-state index in [4.69, 9.17) is 16.2 Å². The van der Waals surface area contributed by atoms with Crippen LogP contribution in [-0.4, -0.2) is 42.6 Å². The summed E-state index contributed by atoms with van der Waals surface area (Å²) in [5.41, 5.74) is 12.7. The molecule has 6 heteroatoms. The fourth-order valence-corrected chi connectivity index (χ4v) is 3.19. The number of halogens is 1. The summed E-state index contributed by atoms with van der Waals surface area (Å²) in [4.78, 5) is 13.7. The zero-order valence-electron chi connectivity index (χ0n) is 11.5. The Balaban J connectivity index is 2.37. The van der Waals surface area contributed by atoms with Gasteiger partial charge in [0.2, 0.25) is 5.91 Å². The molecular formula is C14H20BrN3O2. The van der Waals surface area contributed by atoms with Gasteiger partial charge < -0.3 is 16.2 Å². The number of hydrogen-bond acceptors (Lipinski definition) is 4. The van der Waals surface area contributed by atoms with Gasteiger partial charge in [-0.25, -0.2) is 0 Å². The lowest BCUT2D eigenvalue weighted by atomic mass is 9.97. The third kappa shape index (κ3) is 3.20. The van der Waals surface area contributed by atoms with E-state index >= 15 is 0 Å². The first-order chi connectivity index (χ1) is 9.52. The van der Waals surface area contributed by atoms with Gasteiger partial charge in [-0.3, -0.25) is 9.69 Å². The molecule has 5 nitrogen and oxygen atoms in total.